The number of halogens is 1. The summed E-state index contributed by atoms with van der Waals surface area (Å²) in [5.41, 5.74) is 2.83. The highest BCUT2D eigenvalue weighted by molar-refractivity contribution is 9.10. The van der Waals surface area contributed by atoms with E-state index >= 15 is 0 Å². The van der Waals surface area contributed by atoms with Gasteiger partial charge in [0.2, 0.25) is 0 Å². The molecule has 2 aromatic rings. The molecular formula is C13H12BrN3O. The lowest BCUT2D eigenvalue weighted by atomic mass is 10.2. The van der Waals surface area contributed by atoms with Gasteiger partial charge in [0.15, 0.2) is 0 Å². The van der Waals surface area contributed by atoms with Gasteiger partial charge in [-0.2, -0.15) is 0 Å². The van der Waals surface area contributed by atoms with Crippen molar-refractivity contribution >= 4 is 27.5 Å². The van der Waals surface area contributed by atoms with Gasteiger partial charge in [0.1, 0.15) is 5.69 Å². The average molecular weight is 306 g/mol. The van der Waals surface area contributed by atoms with Gasteiger partial charge in [0.25, 0.3) is 5.91 Å². The number of rotatable bonds is 2. The molecule has 0 saturated carbocycles. The third-order valence-corrected chi connectivity index (χ3v) is 3.39. The summed E-state index contributed by atoms with van der Waals surface area (Å²) in [5.74, 6) is -0.260. The SMILES string of the molecule is Cc1cnc(C(=O)Nc2cccc(Br)c2C)cn1. The van der Waals surface area contributed by atoms with Crippen LogP contribution in [-0.2, 0) is 0 Å². The fourth-order valence-corrected chi connectivity index (χ4v) is 1.81. The summed E-state index contributed by atoms with van der Waals surface area (Å²) in [6.45, 7) is 3.76. The first kappa shape index (κ1) is 12.7. The average Bonchev–Trinajstić information content (AvgIpc) is 2.36. The predicted molar refractivity (Wildman–Crippen MR) is 73.6 cm³/mol. The molecule has 0 saturated heterocycles. The largest absolute Gasteiger partial charge is 0.320 e. The highest BCUT2D eigenvalue weighted by atomic mass is 79.9. The summed E-state index contributed by atoms with van der Waals surface area (Å²) >= 11 is 3.42. The molecule has 5 heteroatoms. The first-order chi connectivity index (χ1) is 8.58. The fourth-order valence-electron chi connectivity index (χ4n) is 1.44. The molecule has 1 aromatic carbocycles. The van der Waals surface area contributed by atoms with E-state index in [1.807, 2.05) is 32.0 Å². The van der Waals surface area contributed by atoms with Crippen LogP contribution in [0.2, 0.25) is 0 Å². The summed E-state index contributed by atoms with van der Waals surface area (Å²) < 4.78 is 0.954. The lowest BCUT2D eigenvalue weighted by Gasteiger charge is -2.09. The van der Waals surface area contributed by atoms with Crippen LogP contribution < -0.4 is 5.32 Å². The Labute approximate surface area is 114 Å². The van der Waals surface area contributed by atoms with Crippen molar-refractivity contribution in [2.75, 3.05) is 5.32 Å². The van der Waals surface area contributed by atoms with Crippen LogP contribution in [0.4, 0.5) is 5.69 Å². The van der Waals surface area contributed by atoms with Crippen molar-refractivity contribution in [1.29, 1.82) is 0 Å². The van der Waals surface area contributed by atoms with Crippen LogP contribution >= 0.6 is 15.9 Å². The Bertz CT molecular complexity index is 581. The maximum absolute atomic E-state index is 12.0. The molecule has 0 aliphatic carbocycles. The number of benzene rings is 1. The van der Waals surface area contributed by atoms with Crippen LogP contribution in [0.3, 0.4) is 0 Å². The normalized spacial score (nSPS) is 10.2. The Morgan fingerprint density at radius 3 is 2.67 bits per heavy atom. The Morgan fingerprint density at radius 1 is 1.22 bits per heavy atom. The molecule has 0 aliphatic rings. The van der Waals surface area contributed by atoms with E-state index in [4.69, 9.17) is 0 Å². The highest BCUT2D eigenvalue weighted by Gasteiger charge is 2.10. The molecule has 0 unspecified atom stereocenters. The van der Waals surface area contributed by atoms with Crippen LogP contribution in [0.1, 0.15) is 21.7 Å². The quantitative estimate of drug-likeness (QED) is 0.927. The second-order valence-corrected chi connectivity index (χ2v) is 4.76. The van der Waals surface area contributed by atoms with Crippen molar-refractivity contribution < 1.29 is 4.79 Å². The molecule has 1 N–H and O–H groups in total. The van der Waals surface area contributed by atoms with Crippen molar-refractivity contribution in [2.24, 2.45) is 0 Å². The molecule has 2 rings (SSSR count). The molecule has 0 aliphatic heterocycles. The zero-order chi connectivity index (χ0) is 13.1. The molecule has 1 heterocycles. The Kier molecular flexibility index (Phi) is 3.72. The zero-order valence-corrected chi connectivity index (χ0v) is 11.7. The van der Waals surface area contributed by atoms with Gasteiger partial charge in [0.05, 0.1) is 11.9 Å². The first-order valence-corrected chi connectivity index (χ1v) is 6.22. The van der Waals surface area contributed by atoms with E-state index in [1.54, 1.807) is 6.20 Å². The number of hydrogen-bond acceptors (Lipinski definition) is 3. The third-order valence-electron chi connectivity index (χ3n) is 2.53. The molecule has 0 radical (unpaired) electrons. The maximum Gasteiger partial charge on any atom is 0.275 e. The molecule has 18 heavy (non-hydrogen) atoms. The highest BCUT2D eigenvalue weighted by Crippen LogP contribution is 2.23. The van der Waals surface area contributed by atoms with Gasteiger partial charge < -0.3 is 5.32 Å². The smallest absolute Gasteiger partial charge is 0.275 e. The van der Waals surface area contributed by atoms with Gasteiger partial charge >= 0.3 is 0 Å². The van der Waals surface area contributed by atoms with Crippen LogP contribution in [0.15, 0.2) is 35.1 Å². The van der Waals surface area contributed by atoms with Gasteiger partial charge in [-0.1, -0.05) is 22.0 Å². The minimum atomic E-state index is -0.260. The maximum atomic E-state index is 12.0. The molecule has 1 aromatic heterocycles. The lowest BCUT2D eigenvalue weighted by molar-refractivity contribution is 0.102. The summed E-state index contributed by atoms with van der Waals surface area (Å²) in [4.78, 5) is 20.0. The first-order valence-electron chi connectivity index (χ1n) is 5.43. The molecular weight excluding hydrogens is 294 g/mol. The topological polar surface area (TPSA) is 54.9 Å². The number of anilines is 1. The Balaban J connectivity index is 2.21. The number of amides is 1. The number of aryl methyl sites for hydroxylation is 1. The van der Waals surface area contributed by atoms with Crippen LogP contribution in [0.5, 0.6) is 0 Å². The minimum Gasteiger partial charge on any atom is -0.320 e. The second-order valence-electron chi connectivity index (χ2n) is 3.91. The summed E-state index contributed by atoms with van der Waals surface area (Å²) in [7, 11) is 0. The van der Waals surface area contributed by atoms with E-state index in [1.165, 1.54) is 6.20 Å². The van der Waals surface area contributed by atoms with E-state index in [-0.39, 0.29) is 5.91 Å². The number of nitrogens with zero attached hydrogens (tertiary/aromatic N) is 2. The molecule has 92 valence electrons. The molecule has 0 bridgehead atoms. The Hall–Kier alpha value is -1.75. The predicted octanol–water partition coefficient (Wildman–Crippen LogP) is 3.11. The number of hydrogen-bond donors (Lipinski definition) is 1. The lowest BCUT2D eigenvalue weighted by Crippen LogP contribution is -2.15. The van der Waals surface area contributed by atoms with Gasteiger partial charge in [-0.3, -0.25) is 9.78 Å². The standard InChI is InChI=1S/C13H12BrN3O/c1-8-6-16-12(7-15-8)13(18)17-11-5-3-4-10(14)9(11)2/h3-7H,1-2H3,(H,17,18). The second kappa shape index (κ2) is 5.27. The number of nitrogens with one attached hydrogen (secondary N) is 1. The monoisotopic (exact) mass is 305 g/mol. The van der Waals surface area contributed by atoms with Gasteiger partial charge in [-0.15, -0.1) is 0 Å². The van der Waals surface area contributed by atoms with Crippen molar-refractivity contribution in [3.8, 4) is 0 Å². The molecule has 0 atom stereocenters. The van der Waals surface area contributed by atoms with E-state index in [0.29, 0.717) is 5.69 Å². The van der Waals surface area contributed by atoms with E-state index in [2.05, 4.69) is 31.2 Å². The summed E-state index contributed by atoms with van der Waals surface area (Å²) in [5, 5.41) is 2.82. The minimum absolute atomic E-state index is 0.260. The Morgan fingerprint density at radius 2 is 2.00 bits per heavy atom. The number of aromatic nitrogens is 2. The number of carbonyl (C=O) groups is 1. The van der Waals surface area contributed by atoms with Crippen LogP contribution in [0.25, 0.3) is 0 Å². The van der Waals surface area contributed by atoms with Gasteiger partial charge in [-0.25, -0.2) is 4.98 Å². The molecule has 0 spiro atoms. The van der Waals surface area contributed by atoms with Crippen molar-refractivity contribution in [3.63, 3.8) is 0 Å². The summed E-state index contributed by atoms with van der Waals surface area (Å²) in [6.07, 6.45) is 3.04. The van der Waals surface area contributed by atoms with Crippen molar-refractivity contribution in [2.45, 2.75) is 13.8 Å². The van der Waals surface area contributed by atoms with Gasteiger partial charge in [0, 0.05) is 16.4 Å². The van der Waals surface area contributed by atoms with Crippen molar-refractivity contribution in [3.05, 3.63) is 52.0 Å². The van der Waals surface area contributed by atoms with Crippen LogP contribution in [0, 0.1) is 13.8 Å². The van der Waals surface area contributed by atoms with Crippen molar-refractivity contribution in [1.82, 2.24) is 9.97 Å². The van der Waals surface area contributed by atoms with Gasteiger partial charge in [-0.05, 0) is 31.5 Å². The number of carbonyl (C=O) groups excluding carboxylic acids is 1. The van der Waals surface area contributed by atoms with E-state index in [9.17, 15) is 4.79 Å². The fraction of sp³-hybridized carbons (Fsp3) is 0.154. The molecule has 0 fully saturated rings. The zero-order valence-electron chi connectivity index (χ0n) is 10.1. The molecule has 1 amide bonds. The van der Waals surface area contributed by atoms with E-state index < -0.39 is 0 Å². The summed E-state index contributed by atoms with van der Waals surface area (Å²) in [6, 6.07) is 5.64. The van der Waals surface area contributed by atoms with Crippen LogP contribution in [-0.4, -0.2) is 15.9 Å². The third kappa shape index (κ3) is 2.73. The van der Waals surface area contributed by atoms with E-state index in [0.717, 1.165) is 21.4 Å². The molecule has 4 nitrogen and oxygen atoms in total.